The maximum absolute atomic E-state index is 12.3. The van der Waals surface area contributed by atoms with Crippen molar-refractivity contribution in [3.63, 3.8) is 0 Å². The number of hydrogen-bond donors (Lipinski definition) is 1. The van der Waals surface area contributed by atoms with Crippen LogP contribution in [0.15, 0.2) is 68.9 Å². The average Bonchev–Trinajstić information content (AvgIpc) is 3.31. The average molecular weight is 399 g/mol. The molecule has 2 aromatic carbocycles. The van der Waals surface area contributed by atoms with Gasteiger partial charge in [0.25, 0.3) is 5.91 Å². The Balaban J connectivity index is 1.54. The molecule has 0 atom stereocenters. The molecule has 29 heavy (non-hydrogen) atoms. The highest BCUT2D eigenvalue weighted by atomic mass is 32.2. The first-order valence-corrected chi connectivity index (χ1v) is 9.81. The van der Waals surface area contributed by atoms with Gasteiger partial charge in [-0.3, -0.25) is 4.79 Å². The molecule has 0 bridgehead atoms. The van der Waals surface area contributed by atoms with Crippen molar-refractivity contribution in [1.82, 2.24) is 5.32 Å². The Hall–Kier alpha value is -3.56. The molecule has 0 unspecified atom stereocenters. The zero-order chi connectivity index (χ0) is 20.4. The number of furan rings is 1. The van der Waals surface area contributed by atoms with Gasteiger partial charge in [-0.25, -0.2) is 4.99 Å². The van der Waals surface area contributed by atoms with Crippen LogP contribution in [0.4, 0.5) is 5.69 Å². The van der Waals surface area contributed by atoms with Crippen LogP contribution in [-0.4, -0.2) is 11.1 Å². The number of hydrogen-bond acceptors (Lipinski definition) is 5. The van der Waals surface area contributed by atoms with Crippen molar-refractivity contribution in [2.45, 2.75) is 13.8 Å². The van der Waals surface area contributed by atoms with Gasteiger partial charge in [-0.05, 0) is 73.6 Å². The number of nitrogens with zero attached hydrogens (tertiary/aromatic N) is 2. The Labute approximate surface area is 172 Å². The number of rotatable bonds is 3. The predicted molar refractivity (Wildman–Crippen MR) is 116 cm³/mol. The van der Waals surface area contributed by atoms with E-state index < -0.39 is 0 Å². The molecule has 6 heteroatoms. The van der Waals surface area contributed by atoms with Crippen LogP contribution >= 0.6 is 11.8 Å². The van der Waals surface area contributed by atoms with Gasteiger partial charge in [0.2, 0.25) is 0 Å². The number of amidine groups is 1. The number of carbonyl (C=O) groups is 1. The second kappa shape index (κ2) is 7.82. The monoisotopic (exact) mass is 399 g/mol. The van der Waals surface area contributed by atoms with E-state index in [0.29, 0.717) is 27.2 Å². The van der Waals surface area contributed by atoms with Crippen molar-refractivity contribution in [2.24, 2.45) is 4.99 Å². The number of carbonyl (C=O) groups excluding carboxylic acids is 1. The third kappa shape index (κ3) is 4.15. The molecule has 1 fully saturated rings. The van der Waals surface area contributed by atoms with Crippen LogP contribution in [0.2, 0.25) is 0 Å². The van der Waals surface area contributed by atoms with Crippen molar-refractivity contribution in [2.75, 3.05) is 0 Å². The Morgan fingerprint density at radius 1 is 1.10 bits per heavy atom. The summed E-state index contributed by atoms with van der Waals surface area (Å²) in [4.78, 5) is 17.4. The van der Waals surface area contributed by atoms with E-state index >= 15 is 0 Å². The summed E-state index contributed by atoms with van der Waals surface area (Å²) in [5, 5.41) is 12.2. The van der Waals surface area contributed by atoms with Crippen LogP contribution in [-0.2, 0) is 4.79 Å². The van der Waals surface area contributed by atoms with E-state index in [0.717, 1.165) is 16.8 Å². The predicted octanol–water partition coefficient (Wildman–Crippen LogP) is 5.33. The summed E-state index contributed by atoms with van der Waals surface area (Å²) in [6.07, 6.45) is 1.71. The van der Waals surface area contributed by atoms with Gasteiger partial charge in [-0.1, -0.05) is 17.7 Å². The lowest BCUT2D eigenvalue weighted by Gasteiger charge is -2.02. The van der Waals surface area contributed by atoms with E-state index in [-0.39, 0.29) is 5.91 Å². The molecular formula is C23H17N3O2S. The highest BCUT2D eigenvalue weighted by Crippen LogP contribution is 2.31. The molecule has 0 aliphatic carbocycles. The molecule has 4 rings (SSSR count). The molecule has 1 aromatic heterocycles. The highest BCUT2D eigenvalue weighted by molar-refractivity contribution is 8.18. The topological polar surface area (TPSA) is 78.4 Å². The Kier molecular flexibility index (Phi) is 5.07. The largest absolute Gasteiger partial charge is 0.457 e. The number of thioether (sulfide) groups is 1. The summed E-state index contributed by atoms with van der Waals surface area (Å²) in [5.41, 5.74) is 4.53. The summed E-state index contributed by atoms with van der Waals surface area (Å²) < 4.78 is 5.85. The second-order valence-corrected chi connectivity index (χ2v) is 7.69. The fourth-order valence-electron chi connectivity index (χ4n) is 2.94. The minimum absolute atomic E-state index is 0.199. The first-order valence-electron chi connectivity index (χ1n) is 8.99. The highest BCUT2D eigenvalue weighted by Gasteiger charge is 2.24. The van der Waals surface area contributed by atoms with Crippen LogP contribution in [0.25, 0.3) is 17.4 Å². The van der Waals surface area contributed by atoms with Gasteiger partial charge >= 0.3 is 0 Å². The fraction of sp³-hybridized carbons (Fsp3) is 0.0870. The standard InChI is InChI=1S/C23H17N3O2S/c1-14-3-9-19(15(2)11-14)25-23-26-22(27)21(29-23)12-18-8-10-20(28-18)17-6-4-16(13-24)5-7-17/h3-12H,1-2H3,(H,25,26,27)/b21-12-. The number of amides is 1. The first-order chi connectivity index (χ1) is 14.0. The van der Waals surface area contributed by atoms with E-state index in [1.165, 1.54) is 17.3 Å². The molecule has 0 saturated carbocycles. The normalized spacial score (nSPS) is 16.2. The lowest BCUT2D eigenvalue weighted by molar-refractivity contribution is -0.115. The summed E-state index contributed by atoms with van der Waals surface area (Å²) in [6, 6.07) is 18.9. The Morgan fingerprint density at radius 2 is 1.90 bits per heavy atom. The van der Waals surface area contributed by atoms with Crippen molar-refractivity contribution in [3.8, 4) is 17.4 Å². The van der Waals surface area contributed by atoms with E-state index in [1.807, 2.05) is 50.2 Å². The number of aliphatic imine (C=N–C) groups is 1. The molecule has 142 valence electrons. The lowest BCUT2D eigenvalue weighted by atomic mass is 10.1. The minimum Gasteiger partial charge on any atom is -0.457 e. The lowest BCUT2D eigenvalue weighted by Crippen LogP contribution is -2.19. The zero-order valence-electron chi connectivity index (χ0n) is 15.9. The third-order valence-corrected chi connectivity index (χ3v) is 5.33. The minimum atomic E-state index is -0.199. The Morgan fingerprint density at radius 3 is 2.62 bits per heavy atom. The summed E-state index contributed by atoms with van der Waals surface area (Å²) in [6.45, 7) is 4.03. The smallest absolute Gasteiger partial charge is 0.264 e. The van der Waals surface area contributed by atoms with Crippen molar-refractivity contribution in [3.05, 3.63) is 82.0 Å². The molecule has 1 N–H and O–H groups in total. The fourth-order valence-corrected chi connectivity index (χ4v) is 3.76. The quantitative estimate of drug-likeness (QED) is 0.604. The van der Waals surface area contributed by atoms with Gasteiger partial charge in [0.1, 0.15) is 11.5 Å². The maximum atomic E-state index is 12.3. The number of nitriles is 1. The summed E-state index contributed by atoms with van der Waals surface area (Å²) >= 11 is 1.29. The summed E-state index contributed by atoms with van der Waals surface area (Å²) in [5.74, 6) is 1.05. The van der Waals surface area contributed by atoms with Crippen LogP contribution in [0.3, 0.4) is 0 Å². The third-order valence-electron chi connectivity index (χ3n) is 4.42. The molecule has 5 nitrogen and oxygen atoms in total. The van der Waals surface area contributed by atoms with Crippen LogP contribution in [0.5, 0.6) is 0 Å². The Bertz CT molecular complexity index is 1200. The van der Waals surface area contributed by atoms with Crippen LogP contribution < -0.4 is 5.32 Å². The molecule has 2 heterocycles. The molecule has 0 spiro atoms. The second-order valence-electron chi connectivity index (χ2n) is 6.66. The van der Waals surface area contributed by atoms with E-state index in [9.17, 15) is 4.79 Å². The van der Waals surface area contributed by atoms with Crippen LogP contribution in [0.1, 0.15) is 22.5 Å². The van der Waals surface area contributed by atoms with Gasteiger partial charge in [0.05, 0.1) is 22.2 Å². The molecule has 1 saturated heterocycles. The molecule has 1 amide bonds. The van der Waals surface area contributed by atoms with Gasteiger partial charge in [-0.15, -0.1) is 0 Å². The molecular weight excluding hydrogens is 382 g/mol. The van der Waals surface area contributed by atoms with Crippen molar-refractivity contribution in [1.29, 1.82) is 5.26 Å². The maximum Gasteiger partial charge on any atom is 0.264 e. The molecule has 0 radical (unpaired) electrons. The molecule has 1 aliphatic rings. The van der Waals surface area contributed by atoms with E-state index in [1.54, 1.807) is 18.2 Å². The van der Waals surface area contributed by atoms with Gasteiger partial charge in [0.15, 0.2) is 5.17 Å². The number of aryl methyl sites for hydroxylation is 2. The SMILES string of the molecule is Cc1ccc(N=C2NC(=O)/C(=C/c3ccc(-c4ccc(C#N)cc4)o3)S2)c(C)c1. The summed E-state index contributed by atoms with van der Waals surface area (Å²) in [7, 11) is 0. The molecule has 1 aliphatic heterocycles. The van der Waals surface area contributed by atoms with Gasteiger partial charge < -0.3 is 9.73 Å². The van der Waals surface area contributed by atoms with Crippen molar-refractivity contribution < 1.29 is 9.21 Å². The molecule has 3 aromatic rings. The first kappa shape index (κ1) is 18.8. The zero-order valence-corrected chi connectivity index (χ0v) is 16.7. The van der Waals surface area contributed by atoms with Gasteiger partial charge in [0, 0.05) is 11.6 Å². The van der Waals surface area contributed by atoms with Crippen molar-refractivity contribution >= 4 is 34.6 Å². The van der Waals surface area contributed by atoms with Gasteiger partial charge in [-0.2, -0.15) is 5.26 Å². The van der Waals surface area contributed by atoms with E-state index in [4.69, 9.17) is 9.68 Å². The number of nitrogens with one attached hydrogen (secondary N) is 1. The van der Waals surface area contributed by atoms with E-state index in [2.05, 4.69) is 22.4 Å². The van der Waals surface area contributed by atoms with Crippen LogP contribution in [0, 0.1) is 25.2 Å². The number of benzene rings is 2.